The van der Waals surface area contributed by atoms with Crippen molar-refractivity contribution in [1.82, 2.24) is 20.0 Å². The van der Waals surface area contributed by atoms with Gasteiger partial charge in [-0.25, -0.2) is 0 Å². The molecule has 2 aromatic heterocycles. The lowest BCUT2D eigenvalue weighted by molar-refractivity contribution is 0.684. The summed E-state index contributed by atoms with van der Waals surface area (Å²) in [6.45, 7) is 0. The molecule has 0 amide bonds. The average Bonchev–Trinajstić information content (AvgIpc) is 2.57. The second-order valence-corrected chi connectivity index (χ2v) is 4.87. The Balaban J connectivity index is 2.08. The summed E-state index contributed by atoms with van der Waals surface area (Å²) in [7, 11) is 0. The number of nitrogens with zero attached hydrogens (tertiary/aromatic N) is 3. The molecule has 2 aromatic rings. The third kappa shape index (κ3) is 1.95. The lowest BCUT2D eigenvalue weighted by Crippen LogP contribution is -2.18. The highest BCUT2D eigenvalue weighted by molar-refractivity contribution is 6.29. The first-order valence-electron chi connectivity index (χ1n) is 6.08. The Morgan fingerprint density at radius 3 is 2.78 bits per heavy atom. The molecule has 0 aromatic carbocycles. The van der Waals surface area contributed by atoms with Crippen molar-refractivity contribution in [2.75, 3.05) is 0 Å². The molecule has 0 fully saturated rings. The van der Waals surface area contributed by atoms with Crippen molar-refractivity contribution in [2.24, 2.45) is 0 Å². The molecule has 6 heteroatoms. The third-order valence-corrected chi connectivity index (χ3v) is 3.47. The third-order valence-electron chi connectivity index (χ3n) is 3.27. The molecule has 0 aliphatic heterocycles. The van der Waals surface area contributed by atoms with E-state index in [9.17, 15) is 4.79 Å². The van der Waals surface area contributed by atoms with Crippen molar-refractivity contribution in [3.8, 4) is 5.82 Å². The molecule has 0 radical (unpaired) electrons. The molecule has 1 aliphatic rings. The zero-order valence-corrected chi connectivity index (χ0v) is 10.6. The molecule has 94 valence electrons. The lowest BCUT2D eigenvalue weighted by atomic mass is 10.1. The van der Waals surface area contributed by atoms with Crippen molar-refractivity contribution in [3.63, 3.8) is 0 Å². The van der Waals surface area contributed by atoms with Crippen LogP contribution in [-0.4, -0.2) is 20.0 Å². The highest BCUT2D eigenvalue weighted by Crippen LogP contribution is 2.17. The Labute approximate surface area is 109 Å². The van der Waals surface area contributed by atoms with Gasteiger partial charge in [-0.3, -0.25) is 9.89 Å². The summed E-state index contributed by atoms with van der Waals surface area (Å²) in [5.74, 6) is 0.484. The number of rotatable bonds is 1. The molecule has 0 saturated carbocycles. The topological polar surface area (TPSA) is 63.6 Å². The predicted octanol–water partition coefficient (Wildman–Crippen LogP) is 1.88. The zero-order valence-electron chi connectivity index (χ0n) is 9.82. The largest absolute Gasteiger partial charge is 0.293 e. The van der Waals surface area contributed by atoms with Crippen molar-refractivity contribution in [1.29, 1.82) is 0 Å². The maximum absolute atomic E-state index is 12.3. The summed E-state index contributed by atoms with van der Waals surface area (Å²) >= 11 is 5.69. The van der Waals surface area contributed by atoms with Crippen LogP contribution < -0.4 is 5.56 Å². The number of aryl methyl sites for hydroxylation is 1. The normalized spacial score (nSPS) is 15.2. The van der Waals surface area contributed by atoms with Crippen LogP contribution in [0.5, 0.6) is 0 Å². The number of hydrogen-bond donors (Lipinski definition) is 1. The maximum Gasteiger partial charge on any atom is 0.276 e. The van der Waals surface area contributed by atoms with Crippen LogP contribution in [0.1, 0.15) is 30.5 Å². The Bertz CT molecular complexity index is 614. The van der Waals surface area contributed by atoms with Gasteiger partial charge in [-0.1, -0.05) is 18.0 Å². The molecule has 1 N–H and O–H groups in total. The SMILES string of the molecule is O=c1c2c([nH]n1-c1ccc(Cl)nn1)CCCCC2. The van der Waals surface area contributed by atoms with Crippen molar-refractivity contribution < 1.29 is 0 Å². The van der Waals surface area contributed by atoms with Crippen LogP contribution in [0.2, 0.25) is 5.15 Å². The molecular weight excluding hydrogens is 252 g/mol. The Kier molecular flexibility index (Phi) is 2.91. The fourth-order valence-corrected chi connectivity index (χ4v) is 2.45. The summed E-state index contributed by atoms with van der Waals surface area (Å²) in [4.78, 5) is 12.3. The van der Waals surface area contributed by atoms with Gasteiger partial charge >= 0.3 is 0 Å². The molecule has 5 nitrogen and oxygen atoms in total. The van der Waals surface area contributed by atoms with Crippen molar-refractivity contribution in [3.05, 3.63) is 38.9 Å². The van der Waals surface area contributed by atoms with E-state index in [1.54, 1.807) is 12.1 Å². The minimum Gasteiger partial charge on any atom is -0.293 e. The molecule has 18 heavy (non-hydrogen) atoms. The molecule has 0 saturated heterocycles. The fraction of sp³-hybridized carbons (Fsp3) is 0.417. The van der Waals surface area contributed by atoms with Crippen LogP contribution in [0.25, 0.3) is 5.82 Å². The number of halogens is 1. The van der Waals surface area contributed by atoms with Gasteiger partial charge in [0.25, 0.3) is 5.56 Å². The Morgan fingerprint density at radius 1 is 1.17 bits per heavy atom. The van der Waals surface area contributed by atoms with Crippen LogP contribution in [0.3, 0.4) is 0 Å². The fourth-order valence-electron chi connectivity index (χ4n) is 2.35. The first-order valence-corrected chi connectivity index (χ1v) is 6.46. The number of nitrogens with one attached hydrogen (secondary N) is 1. The first-order chi connectivity index (χ1) is 8.75. The van der Waals surface area contributed by atoms with E-state index in [4.69, 9.17) is 11.6 Å². The molecule has 0 spiro atoms. The van der Waals surface area contributed by atoms with Crippen LogP contribution in [-0.2, 0) is 12.8 Å². The summed E-state index contributed by atoms with van der Waals surface area (Å²) < 4.78 is 1.46. The molecule has 3 rings (SSSR count). The summed E-state index contributed by atoms with van der Waals surface area (Å²) in [5, 5.41) is 11.1. The predicted molar refractivity (Wildman–Crippen MR) is 68.2 cm³/mol. The van der Waals surface area contributed by atoms with Crippen LogP contribution in [0, 0.1) is 0 Å². The van der Waals surface area contributed by atoms with Crippen LogP contribution in [0.15, 0.2) is 16.9 Å². The summed E-state index contributed by atoms with van der Waals surface area (Å²) in [6.07, 6.45) is 5.16. The number of fused-ring (bicyclic) bond motifs is 1. The van der Waals surface area contributed by atoms with Gasteiger partial charge in [0.1, 0.15) is 0 Å². The smallest absolute Gasteiger partial charge is 0.276 e. The molecule has 1 aliphatic carbocycles. The minimum absolute atomic E-state index is 0.0106. The van der Waals surface area contributed by atoms with E-state index in [2.05, 4.69) is 15.3 Å². The molecule has 2 heterocycles. The van der Waals surface area contributed by atoms with Crippen molar-refractivity contribution >= 4 is 11.6 Å². The van der Waals surface area contributed by atoms with E-state index in [1.807, 2.05) is 0 Å². The Hall–Kier alpha value is -1.62. The number of aromatic nitrogens is 4. The van der Waals surface area contributed by atoms with Crippen molar-refractivity contribution in [2.45, 2.75) is 32.1 Å². The van der Waals surface area contributed by atoms with Gasteiger partial charge in [0.2, 0.25) is 0 Å². The van der Waals surface area contributed by atoms with Gasteiger partial charge in [-0.2, -0.15) is 4.68 Å². The van der Waals surface area contributed by atoms with Gasteiger partial charge in [0.05, 0.1) is 0 Å². The van der Waals surface area contributed by atoms with E-state index < -0.39 is 0 Å². The van der Waals surface area contributed by atoms with E-state index in [1.165, 1.54) is 11.1 Å². The van der Waals surface area contributed by atoms with Crippen LogP contribution in [0.4, 0.5) is 0 Å². The summed E-state index contributed by atoms with van der Waals surface area (Å²) in [5.41, 5.74) is 1.92. The molecule has 0 atom stereocenters. The van der Waals surface area contributed by atoms with Gasteiger partial charge < -0.3 is 0 Å². The first kappa shape index (κ1) is 11.5. The molecule has 0 unspecified atom stereocenters. The van der Waals surface area contributed by atoms with Gasteiger partial charge in [-0.15, -0.1) is 10.2 Å². The molecule has 0 bridgehead atoms. The highest BCUT2D eigenvalue weighted by atomic mass is 35.5. The zero-order chi connectivity index (χ0) is 12.5. The van der Waals surface area contributed by atoms with E-state index in [-0.39, 0.29) is 5.56 Å². The number of aromatic amines is 1. The number of H-pyrrole nitrogens is 1. The van der Waals surface area contributed by atoms with Gasteiger partial charge in [0.15, 0.2) is 11.0 Å². The lowest BCUT2D eigenvalue weighted by Gasteiger charge is -1.99. The van der Waals surface area contributed by atoms with Gasteiger partial charge in [-0.05, 0) is 37.8 Å². The van der Waals surface area contributed by atoms with E-state index in [0.717, 1.165) is 36.9 Å². The molecular formula is C12H13ClN4O. The quantitative estimate of drug-likeness (QED) is 0.800. The average molecular weight is 265 g/mol. The second kappa shape index (κ2) is 4.57. The highest BCUT2D eigenvalue weighted by Gasteiger charge is 2.17. The second-order valence-electron chi connectivity index (χ2n) is 4.48. The Morgan fingerprint density at radius 2 is 2.00 bits per heavy atom. The standard InChI is InChI=1S/C12H13ClN4O/c13-10-6-7-11(15-14-10)17-12(18)8-4-2-1-3-5-9(8)16-17/h6-7,16H,1-5H2. The summed E-state index contributed by atoms with van der Waals surface area (Å²) in [6, 6.07) is 3.31. The minimum atomic E-state index is -0.0106. The number of hydrogen-bond acceptors (Lipinski definition) is 3. The van der Waals surface area contributed by atoms with Gasteiger partial charge in [0, 0.05) is 11.3 Å². The van der Waals surface area contributed by atoms with Crippen LogP contribution >= 0.6 is 11.6 Å². The van der Waals surface area contributed by atoms with E-state index in [0.29, 0.717) is 11.0 Å². The maximum atomic E-state index is 12.3. The van der Waals surface area contributed by atoms with E-state index >= 15 is 0 Å². The monoisotopic (exact) mass is 264 g/mol.